The van der Waals surface area contributed by atoms with Crippen LogP contribution in [0.2, 0.25) is 0 Å². The molecule has 0 amide bonds. The second-order valence-corrected chi connectivity index (χ2v) is 4.32. The molecule has 2 nitrogen and oxygen atoms in total. The van der Waals surface area contributed by atoms with Gasteiger partial charge in [0.25, 0.3) is 0 Å². The van der Waals surface area contributed by atoms with Crippen LogP contribution in [0.4, 0.5) is 4.39 Å². The summed E-state index contributed by atoms with van der Waals surface area (Å²) in [5, 5.41) is 2.66. The zero-order valence-electron chi connectivity index (χ0n) is 8.32. The second-order valence-electron chi connectivity index (χ2n) is 3.08. The first kappa shape index (κ1) is 11.4. The maximum atomic E-state index is 13.5. The minimum absolute atomic E-state index is 0.215. The quantitative estimate of drug-likeness (QED) is 0.781. The van der Waals surface area contributed by atoms with E-state index >= 15 is 0 Å². The lowest BCUT2D eigenvalue weighted by Gasteiger charge is -2.09. The number of aromatic nitrogens is 1. The van der Waals surface area contributed by atoms with E-state index in [2.05, 4.69) is 4.98 Å². The number of hydrogen-bond donors (Lipinski definition) is 0. The molecule has 0 unspecified atom stereocenters. The molecule has 84 valence electrons. The highest BCUT2D eigenvalue weighted by molar-refractivity contribution is 7.09. The van der Waals surface area contributed by atoms with Gasteiger partial charge < -0.3 is 4.74 Å². The zero-order chi connectivity index (χ0) is 11.4. The topological polar surface area (TPSA) is 22.1 Å². The monoisotopic (exact) mass is 257 g/mol. The molecule has 16 heavy (non-hydrogen) atoms. The van der Waals surface area contributed by atoms with E-state index in [1.165, 1.54) is 17.4 Å². The Balaban J connectivity index is 2.14. The van der Waals surface area contributed by atoms with Crippen molar-refractivity contribution in [2.75, 3.05) is 0 Å². The van der Waals surface area contributed by atoms with Crippen molar-refractivity contribution < 1.29 is 9.13 Å². The summed E-state index contributed by atoms with van der Waals surface area (Å²) >= 11 is 7.17. The molecule has 0 N–H and O–H groups in total. The highest BCUT2D eigenvalue weighted by atomic mass is 35.5. The fourth-order valence-corrected chi connectivity index (χ4v) is 2.02. The van der Waals surface area contributed by atoms with Gasteiger partial charge in [0.1, 0.15) is 11.6 Å². The van der Waals surface area contributed by atoms with E-state index < -0.39 is 5.82 Å². The van der Waals surface area contributed by atoms with E-state index in [0.717, 1.165) is 5.01 Å². The first-order valence-electron chi connectivity index (χ1n) is 4.66. The molecule has 0 bridgehead atoms. The number of halogens is 2. The Labute approximate surface area is 102 Å². The second kappa shape index (κ2) is 5.27. The molecule has 0 saturated carbocycles. The number of para-hydroxylation sites is 1. The van der Waals surface area contributed by atoms with Crippen LogP contribution in [0.25, 0.3) is 0 Å². The summed E-state index contributed by atoms with van der Waals surface area (Å²) < 4.78 is 18.9. The third-order valence-electron chi connectivity index (χ3n) is 2.02. The first-order chi connectivity index (χ1) is 7.81. The zero-order valence-corrected chi connectivity index (χ0v) is 9.89. The van der Waals surface area contributed by atoms with Gasteiger partial charge in [0.2, 0.25) is 0 Å². The van der Waals surface area contributed by atoms with Crippen LogP contribution in [-0.2, 0) is 12.5 Å². The summed E-state index contributed by atoms with van der Waals surface area (Å²) in [5.74, 6) is 0.0488. The third kappa shape index (κ3) is 2.51. The smallest absolute Gasteiger partial charge is 0.165 e. The van der Waals surface area contributed by atoms with Crippen molar-refractivity contribution in [2.24, 2.45) is 0 Å². The molecule has 2 aromatic rings. The first-order valence-corrected chi connectivity index (χ1v) is 6.07. The Morgan fingerprint density at radius 3 is 3.00 bits per heavy atom. The van der Waals surface area contributed by atoms with Crippen molar-refractivity contribution >= 4 is 22.9 Å². The van der Waals surface area contributed by atoms with Gasteiger partial charge in [0, 0.05) is 17.1 Å². The molecular formula is C11H9ClFNOS. The Bertz CT molecular complexity index is 461. The summed E-state index contributed by atoms with van der Waals surface area (Å²) in [5.41, 5.74) is 0.651. The van der Waals surface area contributed by atoms with Crippen LogP contribution in [0.15, 0.2) is 29.8 Å². The summed E-state index contributed by atoms with van der Waals surface area (Å²) in [6.07, 6.45) is 1.69. The van der Waals surface area contributed by atoms with Gasteiger partial charge in [-0.1, -0.05) is 12.1 Å². The molecule has 2 rings (SSSR count). The minimum atomic E-state index is -0.394. The van der Waals surface area contributed by atoms with E-state index in [4.69, 9.17) is 16.3 Å². The van der Waals surface area contributed by atoms with Crippen LogP contribution < -0.4 is 4.74 Å². The van der Waals surface area contributed by atoms with Gasteiger partial charge >= 0.3 is 0 Å². The molecule has 1 aromatic carbocycles. The number of alkyl halides is 1. The largest absolute Gasteiger partial charge is 0.483 e. The number of rotatable bonds is 4. The lowest BCUT2D eigenvalue weighted by Crippen LogP contribution is -1.99. The number of hydrogen-bond acceptors (Lipinski definition) is 3. The van der Waals surface area contributed by atoms with Gasteiger partial charge in [-0.3, -0.25) is 0 Å². The van der Waals surface area contributed by atoms with Gasteiger partial charge in [-0.05, 0) is 6.07 Å². The van der Waals surface area contributed by atoms with Crippen LogP contribution in [0.1, 0.15) is 10.6 Å². The highest BCUT2D eigenvalue weighted by Gasteiger charge is 2.09. The van der Waals surface area contributed by atoms with Crippen molar-refractivity contribution in [2.45, 2.75) is 12.5 Å². The minimum Gasteiger partial charge on any atom is -0.483 e. The van der Waals surface area contributed by atoms with Gasteiger partial charge in [0.05, 0.1) is 5.88 Å². The average Bonchev–Trinajstić information content (AvgIpc) is 2.80. The summed E-state index contributed by atoms with van der Waals surface area (Å²) in [6, 6.07) is 4.71. The summed E-state index contributed by atoms with van der Waals surface area (Å²) in [6.45, 7) is 0.266. The molecule has 0 aliphatic heterocycles. The molecule has 0 fully saturated rings. The van der Waals surface area contributed by atoms with Crippen molar-refractivity contribution in [1.29, 1.82) is 0 Å². The normalized spacial score (nSPS) is 10.4. The van der Waals surface area contributed by atoms with Crippen molar-refractivity contribution in [3.05, 3.63) is 46.2 Å². The standard InChI is InChI=1S/C11H9ClFNOS/c12-6-8-2-1-3-9(13)11(8)15-7-10-14-4-5-16-10/h1-5H,6-7H2. The third-order valence-corrected chi connectivity index (χ3v) is 3.06. The molecule has 0 radical (unpaired) electrons. The van der Waals surface area contributed by atoms with E-state index in [1.807, 2.05) is 5.38 Å². The molecule has 1 heterocycles. The Hall–Kier alpha value is -1.13. The lowest BCUT2D eigenvalue weighted by molar-refractivity contribution is 0.287. The molecule has 0 atom stereocenters. The van der Waals surface area contributed by atoms with Crippen molar-refractivity contribution in [3.63, 3.8) is 0 Å². The molecule has 0 aliphatic carbocycles. The molecule has 1 aromatic heterocycles. The Morgan fingerprint density at radius 1 is 1.44 bits per heavy atom. The van der Waals surface area contributed by atoms with Crippen LogP contribution in [0, 0.1) is 5.82 Å². The lowest BCUT2D eigenvalue weighted by atomic mass is 10.2. The van der Waals surface area contributed by atoms with E-state index in [1.54, 1.807) is 18.3 Å². The number of nitrogens with zero attached hydrogens (tertiary/aromatic N) is 1. The number of ether oxygens (including phenoxy) is 1. The highest BCUT2D eigenvalue weighted by Crippen LogP contribution is 2.25. The molecule has 5 heteroatoms. The predicted molar refractivity (Wildman–Crippen MR) is 62.4 cm³/mol. The SMILES string of the molecule is Fc1cccc(CCl)c1OCc1nccs1. The maximum absolute atomic E-state index is 13.5. The van der Waals surface area contributed by atoms with E-state index in [9.17, 15) is 4.39 Å². The van der Waals surface area contributed by atoms with Gasteiger partial charge in [-0.2, -0.15) is 0 Å². The van der Waals surface area contributed by atoms with Crippen LogP contribution in [0.3, 0.4) is 0 Å². The predicted octanol–water partition coefficient (Wildman–Crippen LogP) is 3.60. The number of benzene rings is 1. The Kier molecular flexibility index (Phi) is 3.74. The molecule has 0 saturated heterocycles. The number of thiazole rings is 1. The molecule has 0 aliphatic rings. The summed E-state index contributed by atoms with van der Waals surface area (Å²) in [7, 11) is 0. The van der Waals surface area contributed by atoms with Crippen molar-refractivity contribution in [1.82, 2.24) is 4.98 Å². The van der Waals surface area contributed by atoms with E-state index in [0.29, 0.717) is 5.56 Å². The van der Waals surface area contributed by atoms with E-state index in [-0.39, 0.29) is 18.2 Å². The average molecular weight is 258 g/mol. The molecular weight excluding hydrogens is 249 g/mol. The fourth-order valence-electron chi connectivity index (χ4n) is 1.28. The van der Waals surface area contributed by atoms with Crippen molar-refractivity contribution in [3.8, 4) is 5.75 Å². The van der Waals surface area contributed by atoms with Crippen LogP contribution in [-0.4, -0.2) is 4.98 Å². The summed E-state index contributed by atoms with van der Waals surface area (Å²) in [4.78, 5) is 4.05. The van der Waals surface area contributed by atoms with Crippen LogP contribution in [0.5, 0.6) is 5.75 Å². The Morgan fingerprint density at radius 2 is 2.31 bits per heavy atom. The van der Waals surface area contributed by atoms with Crippen LogP contribution >= 0.6 is 22.9 Å². The van der Waals surface area contributed by atoms with Gasteiger partial charge in [0.15, 0.2) is 11.6 Å². The van der Waals surface area contributed by atoms with Gasteiger partial charge in [-0.25, -0.2) is 9.37 Å². The fraction of sp³-hybridized carbons (Fsp3) is 0.182. The molecule has 0 spiro atoms. The maximum Gasteiger partial charge on any atom is 0.165 e. The van der Waals surface area contributed by atoms with Gasteiger partial charge in [-0.15, -0.1) is 22.9 Å².